The van der Waals surface area contributed by atoms with Crippen LogP contribution < -0.4 is 10.6 Å². The molecule has 0 bridgehead atoms. The number of carbonyl (C=O) groups excluding carboxylic acids is 1. The molecule has 1 saturated heterocycles. The summed E-state index contributed by atoms with van der Waals surface area (Å²) in [5.41, 5.74) is 2.69. The average Bonchev–Trinajstić information content (AvgIpc) is 3.41. The van der Waals surface area contributed by atoms with E-state index < -0.39 is 24.5 Å². The van der Waals surface area contributed by atoms with Crippen LogP contribution in [0.4, 0.5) is 20.8 Å². The number of alkyl halides is 1. The van der Waals surface area contributed by atoms with Gasteiger partial charge < -0.3 is 24.8 Å². The minimum absolute atomic E-state index is 0.0444. The molecule has 1 amide bonds. The molecule has 3 aromatic rings. The average molecular weight is 447 g/mol. The molecular weight excluding hydrogens is 421 g/mol. The van der Waals surface area contributed by atoms with Crippen molar-refractivity contribution in [2.45, 2.75) is 51.8 Å². The number of aromatic amines is 1. The van der Waals surface area contributed by atoms with E-state index in [1.54, 1.807) is 31.5 Å². The molecule has 12 heteroatoms. The summed E-state index contributed by atoms with van der Waals surface area (Å²) in [4.78, 5) is 16.3. The van der Waals surface area contributed by atoms with Gasteiger partial charge >= 0.3 is 6.09 Å². The largest absolute Gasteiger partial charge is 0.441 e. The third kappa shape index (κ3) is 4.65. The van der Waals surface area contributed by atoms with E-state index in [9.17, 15) is 9.18 Å². The third-order valence-corrected chi connectivity index (χ3v) is 4.82. The standard InChI is InChI=1S/C20H26FN7O4/c1-10(2)22-20(29)32-15-9-31-18(17(15)21)13-6-16(26-25-13)24-19-14-5-12(8-30-4)27-28(14)7-11(3)23-19/h5-7,10,15,17-18H,8-9H2,1-4H3,(H,22,29)(H2,23,24,25,26)/t15-,17+,18-/m0/s1. The van der Waals surface area contributed by atoms with Crippen molar-refractivity contribution < 1.29 is 23.4 Å². The van der Waals surface area contributed by atoms with Crippen molar-refractivity contribution in [2.75, 3.05) is 19.0 Å². The van der Waals surface area contributed by atoms with Gasteiger partial charge in [-0.3, -0.25) is 5.10 Å². The minimum Gasteiger partial charge on any atom is -0.441 e. The Labute approximate surface area is 183 Å². The van der Waals surface area contributed by atoms with Gasteiger partial charge in [-0.05, 0) is 26.8 Å². The summed E-state index contributed by atoms with van der Waals surface area (Å²) in [6.07, 6.45) is -2.32. The first kappa shape index (κ1) is 22.0. The Hall–Kier alpha value is -3.25. The van der Waals surface area contributed by atoms with E-state index in [0.29, 0.717) is 23.9 Å². The highest BCUT2D eigenvalue weighted by molar-refractivity contribution is 5.72. The molecule has 0 saturated carbocycles. The van der Waals surface area contributed by atoms with Gasteiger partial charge in [-0.2, -0.15) is 10.2 Å². The quantitative estimate of drug-likeness (QED) is 0.504. The molecule has 32 heavy (non-hydrogen) atoms. The van der Waals surface area contributed by atoms with Gasteiger partial charge in [0.2, 0.25) is 0 Å². The molecular formula is C20H26FN7O4. The zero-order valence-corrected chi connectivity index (χ0v) is 18.3. The summed E-state index contributed by atoms with van der Waals surface area (Å²) >= 11 is 0. The van der Waals surface area contributed by atoms with Crippen LogP contribution in [0.1, 0.15) is 37.0 Å². The van der Waals surface area contributed by atoms with Crippen LogP contribution in [0.2, 0.25) is 0 Å². The highest BCUT2D eigenvalue weighted by Crippen LogP contribution is 2.33. The summed E-state index contributed by atoms with van der Waals surface area (Å²) in [5, 5.41) is 17.2. The maximum absolute atomic E-state index is 14.9. The van der Waals surface area contributed by atoms with Gasteiger partial charge in [0, 0.05) is 19.2 Å². The number of aryl methyl sites for hydroxylation is 1. The van der Waals surface area contributed by atoms with Gasteiger partial charge in [0.25, 0.3) is 0 Å². The van der Waals surface area contributed by atoms with Crippen molar-refractivity contribution in [3.05, 3.63) is 35.4 Å². The fraction of sp³-hybridized carbons (Fsp3) is 0.500. The Balaban J connectivity index is 1.47. The topological polar surface area (TPSA) is 128 Å². The SMILES string of the molecule is COCc1cc2c(Nc3cc([C@@H]4OC[C@H](OC(=O)NC(C)C)[C@H]4F)[nH]n3)nc(C)cn2n1. The summed E-state index contributed by atoms with van der Waals surface area (Å²) in [5.74, 6) is 0.987. The van der Waals surface area contributed by atoms with Gasteiger partial charge in [-0.1, -0.05) is 0 Å². The number of amides is 1. The van der Waals surface area contributed by atoms with Crippen LogP contribution in [0.3, 0.4) is 0 Å². The number of carbonyl (C=O) groups is 1. The monoisotopic (exact) mass is 447 g/mol. The molecule has 172 valence electrons. The maximum atomic E-state index is 14.9. The lowest BCUT2D eigenvalue weighted by atomic mass is 10.1. The van der Waals surface area contributed by atoms with Gasteiger partial charge in [-0.25, -0.2) is 18.7 Å². The molecule has 1 aliphatic rings. The summed E-state index contributed by atoms with van der Waals surface area (Å²) in [6, 6.07) is 3.40. The molecule has 3 aromatic heterocycles. The predicted octanol–water partition coefficient (Wildman–Crippen LogP) is 2.56. The van der Waals surface area contributed by atoms with Crippen LogP contribution in [-0.2, 0) is 20.8 Å². The Morgan fingerprint density at radius 1 is 1.44 bits per heavy atom. The Bertz CT molecular complexity index is 1100. The van der Waals surface area contributed by atoms with E-state index in [1.807, 2.05) is 19.2 Å². The van der Waals surface area contributed by atoms with Crippen molar-refractivity contribution in [3.63, 3.8) is 0 Å². The minimum atomic E-state index is -1.53. The number of nitrogens with one attached hydrogen (secondary N) is 3. The van der Waals surface area contributed by atoms with Gasteiger partial charge in [0.05, 0.1) is 36.5 Å². The second kappa shape index (κ2) is 9.09. The normalized spacial score (nSPS) is 20.8. The number of halogens is 1. The Morgan fingerprint density at radius 3 is 3.00 bits per heavy atom. The van der Waals surface area contributed by atoms with Crippen molar-refractivity contribution >= 4 is 23.2 Å². The third-order valence-electron chi connectivity index (χ3n) is 4.82. The van der Waals surface area contributed by atoms with E-state index in [1.165, 1.54) is 0 Å². The van der Waals surface area contributed by atoms with Crippen molar-refractivity contribution in [1.29, 1.82) is 0 Å². The second-order valence-electron chi connectivity index (χ2n) is 7.90. The highest BCUT2D eigenvalue weighted by Gasteiger charge is 2.42. The summed E-state index contributed by atoms with van der Waals surface area (Å²) in [7, 11) is 1.60. The number of ether oxygens (including phenoxy) is 3. The first-order valence-electron chi connectivity index (χ1n) is 10.2. The lowest BCUT2D eigenvalue weighted by Crippen LogP contribution is -2.36. The van der Waals surface area contributed by atoms with Gasteiger partial charge in [0.1, 0.15) is 11.6 Å². The zero-order chi connectivity index (χ0) is 22.8. The number of anilines is 2. The molecule has 0 aliphatic carbocycles. The fourth-order valence-corrected chi connectivity index (χ4v) is 3.48. The van der Waals surface area contributed by atoms with Crippen LogP contribution in [0.25, 0.3) is 5.52 Å². The first-order chi connectivity index (χ1) is 15.3. The molecule has 3 atom stereocenters. The molecule has 0 radical (unpaired) electrons. The number of nitrogens with zero attached hydrogens (tertiary/aromatic N) is 4. The smallest absolute Gasteiger partial charge is 0.407 e. The van der Waals surface area contributed by atoms with E-state index in [4.69, 9.17) is 14.2 Å². The maximum Gasteiger partial charge on any atom is 0.407 e. The summed E-state index contributed by atoms with van der Waals surface area (Å²) in [6.45, 7) is 5.77. The number of alkyl carbamates (subject to hydrolysis) is 1. The predicted molar refractivity (Wildman–Crippen MR) is 112 cm³/mol. The second-order valence-corrected chi connectivity index (χ2v) is 7.90. The lowest BCUT2D eigenvalue weighted by Gasteiger charge is -2.16. The number of H-pyrrole nitrogens is 1. The van der Waals surface area contributed by atoms with E-state index >= 15 is 0 Å². The first-order valence-corrected chi connectivity index (χ1v) is 10.2. The molecule has 11 nitrogen and oxygen atoms in total. The summed E-state index contributed by atoms with van der Waals surface area (Å²) < 4.78 is 32.4. The Kier molecular flexibility index (Phi) is 6.24. The van der Waals surface area contributed by atoms with Gasteiger partial charge in [0.15, 0.2) is 23.9 Å². The van der Waals surface area contributed by atoms with Crippen molar-refractivity contribution in [2.24, 2.45) is 0 Å². The van der Waals surface area contributed by atoms with Crippen molar-refractivity contribution in [1.82, 2.24) is 30.1 Å². The van der Waals surface area contributed by atoms with E-state index in [2.05, 4.69) is 30.9 Å². The molecule has 1 fully saturated rings. The molecule has 4 rings (SSSR count). The molecule has 3 N–H and O–H groups in total. The number of hydrogen-bond acceptors (Lipinski definition) is 8. The van der Waals surface area contributed by atoms with Crippen LogP contribution in [-0.4, -0.2) is 62.9 Å². The zero-order valence-electron chi connectivity index (χ0n) is 18.3. The van der Waals surface area contributed by atoms with Crippen LogP contribution in [0.5, 0.6) is 0 Å². The van der Waals surface area contributed by atoms with Crippen molar-refractivity contribution in [3.8, 4) is 0 Å². The fourth-order valence-electron chi connectivity index (χ4n) is 3.48. The van der Waals surface area contributed by atoms with E-state index in [-0.39, 0.29) is 12.6 Å². The number of methoxy groups -OCH3 is 1. The number of aromatic nitrogens is 5. The molecule has 0 spiro atoms. The number of fused-ring (bicyclic) bond motifs is 1. The molecule has 0 unspecified atom stereocenters. The molecule has 1 aliphatic heterocycles. The highest BCUT2D eigenvalue weighted by atomic mass is 19.1. The van der Waals surface area contributed by atoms with Crippen LogP contribution in [0, 0.1) is 6.92 Å². The van der Waals surface area contributed by atoms with Gasteiger partial charge in [-0.15, -0.1) is 0 Å². The Morgan fingerprint density at radius 2 is 2.25 bits per heavy atom. The van der Waals surface area contributed by atoms with Crippen LogP contribution in [0.15, 0.2) is 18.3 Å². The molecule has 4 heterocycles. The van der Waals surface area contributed by atoms with Crippen LogP contribution >= 0.6 is 0 Å². The van der Waals surface area contributed by atoms with E-state index in [0.717, 1.165) is 16.9 Å². The number of hydrogen-bond donors (Lipinski definition) is 3. The molecule has 0 aromatic carbocycles. The number of rotatable bonds is 7. The lowest BCUT2D eigenvalue weighted by molar-refractivity contribution is 0.0615.